The fraction of sp³-hybridized carbons (Fsp3) is 0.455. The summed E-state index contributed by atoms with van der Waals surface area (Å²) in [7, 11) is 0. The zero-order chi connectivity index (χ0) is 11.9. The number of hydrogen-bond acceptors (Lipinski definition) is 2. The number of H-pyrrole nitrogens is 1. The van der Waals surface area contributed by atoms with E-state index in [1.54, 1.807) is 6.07 Å². The first kappa shape index (κ1) is 11.6. The molecule has 86 valence electrons. The fourth-order valence-corrected chi connectivity index (χ4v) is 2.17. The van der Waals surface area contributed by atoms with E-state index in [0.29, 0.717) is 5.92 Å². The van der Waals surface area contributed by atoms with E-state index in [9.17, 15) is 4.79 Å². The summed E-state index contributed by atoms with van der Waals surface area (Å²) in [5.74, 6) is 0.507. The molecule has 0 saturated heterocycles. The first-order valence-electron chi connectivity index (χ1n) is 5.25. The van der Waals surface area contributed by atoms with E-state index in [2.05, 4.69) is 46.5 Å². The Morgan fingerprint density at radius 1 is 1.56 bits per heavy atom. The summed E-state index contributed by atoms with van der Waals surface area (Å²) in [6, 6.07) is 1.61. The molecule has 0 unspecified atom stereocenters. The molecule has 0 aliphatic rings. The molecule has 0 aliphatic carbocycles. The topological polar surface area (TPSA) is 50.2 Å². The molecule has 0 aromatic carbocycles. The van der Waals surface area contributed by atoms with Crippen LogP contribution in [-0.4, -0.2) is 14.6 Å². The van der Waals surface area contributed by atoms with Gasteiger partial charge in [-0.1, -0.05) is 13.8 Å². The van der Waals surface area contributed by atoms with Crippen molar-refractivity contribution in [1.82, 2.24) is 14.6 Å². The Hall–Kier alpha value is -0.850. The van der Waals surface area contributed by atoms with E-state index in [1.165, 1.54) is 4.52 Å². The van der Waals surface area contributed by atoms with Gasteiger partial charge in [-0.2, -0.15) is 0 Å². The molecule has 0 aliphatic heterocycles. The highest BCUT2D eigenvalue weighted by atomic mass is 127. The van der Waals surface area contributed by atoms with Gasteiger partial charge < -0.3 is 0 Å². The van der Waals surface area contributed by atoms with Crippen LogP contribution in [0.25, 0.3) is 5.65 Å². The molecule has 0 saturated carbocycles. The smallest absolute Gasteiger partial charge is 0.272 e. The van der Waals surface area contributed by atoms with Gasteiger partial charge in [0.2, 0.25) is 0 Å². The van der Waals surface area contributed by atoms with Crippen molar-refractivity contribution in [3.63, 3.8) is 0 Å². The molecular formula is C11H14IN3O. The highest BCUT2D eigenvalue weighted by Crippen LogP contribution is 2.15. The van der Waals surface area contributed by atoms with Crippen LogP contribution in [0, 0.1) is 16.4 Å². The van der Waals surface area contributed by atoms with E-state index in [-0.39, 0.29) is 5.56 Å². The van der Waals surface area contributed by atoms with Crippen LogP contribution in [0.2, 0.25) is 0 Å². The van der Waals surface area contributed by atoms with Crippen LogP contribution in [0.15, 0.2) is 10.9 Å². The van der Waals surface area contributed by atoms with Gasteiger partial charge in [-0.05, 0) is 41.9 Å². The number of aromatic amines is 1. The lowest BCUT2D eigenvalue weighted by Crippen LogP contribution is -2.16. The highest BCUT2D eigenvalue weighted by molar-refractivity contribution is 14.1. The quantitative estimate of drug-likeness (QED) is 0.857. The average Bonchev–Trinajstić information content (AvgIpc) is 2.45. The summed E-state index contributed by atoms with van der Waals surface area (Å²) in [4.78, 5) is 16.4. The number of nitrogens with zero attached hydrogens (tertiary/aromatic N) is 2. The maximum Gasteiger partial charge on any atom is 0.272 e. The van der Waals surface area contributed by atoms with Crippen LogP contribution in [0.1, 0.15) is 25.2 Å². The molecule has 0 atom stereocenters. The lowest BCUT2D eigenvalue weighted by molar-refractivity contribution is 0.633. The number of fused-ring (bicyclic) bond motifs is 1. The molecule has 0 amide bonds. The Morgan fingerprint density at radius 2 is 2.25 bits per heavy atom. The Kier molecular flexibility index (Phi) is 3.05. The maximum atomic E-state index is 11.8. The predicted octanol–water partition coefficient (Wildman–Crippen LogP) is 2.13. The van der Waals surface area contributed by atoms with Gasteiger partial charge in [0.05, 0.1) is 3.57 Å². The molecule has 2 rings (SSSR count). The van der Waals surface area contributed by atoms with E-state index >= 15 is 0 Å². The molecule has 2 aromatic rings. The van der Waals surface area contributed by atoms with Crippen LogP contribution in [0.4, 0.5) is 0 Å². The van der Waals surface area contributed by atoms with Crippen molar-refractivity contribution in [3.8, 4) is 0 Å². The minimum absolute atomic E-state index is 0.0355. The zero-order valence-electron chi connectivity index (χ0n) is 9.54. The Labute approximate surface area is 107 Å². The van der Waals surface area contributed by atoms with Crippen molar-refractivity contribution in [2.45, 2.75) is 27.2 Å². The summed E-state index contributed by atoms with van der Waals surface area (Å²) in [6.45, 7) is 6.19. The van der Waals surface area contributed by atoms with Gasteiger partial charge in [0.15, 0.2) is 5.65 Å². The maximum absolute atomic E-state index is 11.8. The monoisotopic (exact) mass is 331 g/mol. The van der Waals surface area contributed by atoms with Crippen LogP contribution < -0.4 is 5.56 Å². The lowest BCUT2D eigenvalue weighted by atomic mass is 10.1. The first-order chi connectivity index (χ1) is 7.49. The Balaban J connectivity index is 2.65. The number of aromatic nitrogens is 3. The van der Waals surface area contributed by atoms with E-state index in [4.69, 9.17) is 0 Å². The van der Waals surface area contributed by atoms with Gasteiger partial charge in [-0.3, -0.25) is 9.89 Å². The molecule has 0 spiro atoms. The molecule has 0 bridgehead atoms. The summed E-state index contributed by atoms with van der Waals surface area (Å²) >= 11 is 2.21. The number of halogens is 1. The molecule has 4 nitrogen and oxygen atoms in total. The zero-order valence-corrected chi connectivity index (χ0v) is 11.7. The van der Waals surface area contributed by atoms with Gasteiger partial charge in [0, 0.05) is 17.5 Å². The second-order valence-corrected chi connectivity index (χ2v) is 5.47. The third-order valence-electron chi connectivity index (χ3n) is 2.39. The molecule has 5 heteroatoms. The fourth-order valence-electron chi connectivity index (χ4n) is 1.69. The normalized spacial score (nSPS) is 11.6. The first-order valence-corrected chi connectivity index (χ1v) is 6.33. The van der Waals surface area contributed by atoms with E-state index in [0.717, 1.165) is 27.0 Å². The van der Waals surface area contributed by atoms with Gasteiger partial charge in [-0.15, -0.1) is 0 Å². The molecule has 0 radical (unpaired) electrons. The van der Waals surface area contributed by atoms with E-state index in [1.807, 2.05) is 6.92 Å². The standard InChI is InChI=1S/C11H14IN3O/c1-6(2)4-8-5-9(16)15-11(13-8)10(12)7(3)14-15/h5-6,14H,4H2,1-3H3. The summed E-state index contributed by atoms with van der Waals surface area (Å²) in [6.07, 6.45) is 0.839. The van der Waals surface area contributed by atoms with Crippen LogP contribution in [0.3, 0.4) is 0 Å². The summed E-state index contributed by atoms with van der Waals surface area (Å²) < 4.78 is 2.52. The average molecular weight is 331 g/mol. The molecule has 1 N–H and O–H groups in total. The second-order valence-electron chi connectivity index (χ2n) is 4.39. The molecule has 0 fully saturated rings. The van der Waals surface area contributed by atoms with Gasteiger partial charge in [0.25, 0.3) is 5.56 Å². The third kappa shape index (κ3) is 2.00. The van der Waals surface area contributed by atoms with E-state index < -0.39 is 0 Å². The molecule has 2 heterocycles. The number of aryl methyl sites for hydroxylation is 1. The van der Waals surface area contributed by atoms with Crippen molar-refractivity contribution < 1.29 is 0 Å². The minimum Gasteiger partial charge on any atom is -0.293 e. The van der Waals surface area contributed by atoms with Crippen LogP contribution >= 0.6 is 22.6 Å². The highest BCUT2D eigenvalue weighted by Gasteiger charge is 2.10. The molecule has 16 heavy (non-hydrogen) atoms. The predicted molar refractivity (Wildman–Crippen MR) is 71.8 cm³/mol. The number of hydrogen-bond donors (Lipinski definition) is 1. The van der Waals surface area contributed by atoms with Gasteiger partial charge >= 0.3 is 0 Å². The molecule has 2 aromatic heterocycles. The summed E-state index contributed by atoms with van der Waals surface area (Å²) in [5.41, 5.74) is 2.55. The van der Waals surface area contributed by atoms with Gasteiger partial charge in [0.1, 0.15) is 0 Å². The van der Waals surface area contributed by atoms with Crippen molar-refractivity contribution >= 4 is 28.2 Å². The SMILES string of the molecule is Cc1[nH]n2c(=O)cc(CC(C)C)nc2c1I. The second kappa shape index (κ2) is 4.20. The largest absolute Gasteiger partial charge is 0.293 e. The lowest BCUT2D eigenvalue weighted by Gasteiger charge is -2.03. The number of nitrogens with one attached hydrogen (secondary N) is 1. The third-order valence-corrected chi connectivity index (χ3v) is 3.69. The van der Waals surface area contributed by atoms with Crippen LogP contribution in [-0.2, 0) is 6.42 Å². The Morgan fingerprint density at radius 3 is 2.88 bits per heavy atom. The van der Waals surface area contributed by atoms with Crippen molar-refractivity contribution in [3.05, 3.63) is 31.4 Å². The summed E-state index contributed by atoms with van der Waals surface area (Å²) in [5, 5.41) is 3.01. The van der Waals surface area contributed by atoms with Crippen LogP contribution in [0.5, 0.6) is 0 Å². The van der Waals surface area contributed by atoms with Crippen molar-refractivity contribution in [1.29, 1.82) is 0 Å². The Bertz CT molecular complexity index is 583. The van der Waals surface area contributed by atoms with Crippen molar-refractivity contribution in [2.75, 3.05) is 0 Å². The minimum atomic E-state index is -0.0355. The number of rotatable bonds is 2. The van der Waals surface area contributed by atoms with Crippen molar-refractivity contribution in [2.24, 2.45) is 5.92 Å². The molecular weight excluding hydrogens is 317 g/mol. The van der Waals surface area contributed by atoms with Gasteiger partial charge in [-0.25, -0.2) is 9.50 Å².